The maximum absolute atomic E-state index is 12.6. The van der Waals surface area contributed by atoms with E-state index in [0.29, 0.717) is 17.8 Å². The van der Waals surface area contributed by atoms with Crippen LogP contribution in [0, 0.1) is 18.3 Å². The molecule has 6 nitrogen and oxygen atoms in total. The molecule has 1 unspecified atom stereocenters. The van der Waals surface area contributed by atoms with Crippen LogP contribution in [0.1, 0.15) is 38.2 Å². The number of halogens is 1. The molecule has 1 aliphatic heterocycles. The predicted molar refractivity (Wildman–Crippen MR) is 107 cm³/mol. The molecule has 2 aliphatic rings. The van der Waals surface area contributed by atoms with Gasteiger partial charge >= 0.3 is 0 Å². The first-order valence-electron chi connectivity index (χ1n) is 8.98. The summed E-state index contributed by atoms with van der Waals surface area (Å²) in [5.74, 6) is 0.217. The van der Waals surface area contributed by atoms with E-state index in [1.165, 1.54) is 0 Å². The molecule has 0 radical (unpaired) electrons. The largest absolute Gasteiger partial charge is 0.326 e. The van der Waals surface area contributed by atoms with Crippen molar-refractivity contribution in [2.24, 2.45) is 11.3 Å². The van der Waals surface area contributed by atoms with Crippen molar-refractivity contribution in [3.8, 4) is 0 Å². The van der Waals surface area contributed by atoms with Crippen LogP contribution in [0.2, 0.25) is 0 Å². The van der Waals surface area contributed by atoms with Crippen molar-refractivity contribution in [2.75, 3.05) is 28.9 Å². The lowest BCUT2D eigenvalue weighted by Crippen LogP contribution is -2.31. The van der Waals surface area contributed by atoms with Crippen molar-refractivity contribution in [3.63, 3.8) is 0 Å². The van der Waals surface area contributed by atoms with Crippen LogP contribution in [0.5, 0.6) is 0 Å². The van der Waals surface area contributed by atoms with Gasteiger partial charge in [-0.15, -0.1) is 12.4 Å². The Kier molecular flexibility index (Phi) is 6.58. The molecule has 26 heavy (non-hydrogen) atoms. The molecule has 1 atom stereocenters. The summed E-state index contributed by atoms with van der Waals surface area (Å²) >= 11 is 0. The summed E-state index contributed by atoms with van der Waals surface area (Å²) in [6.07, 6.45) is 3.63. The molecule has 1 aromatic rings. The van der Waals surface area contributed by atoms with E-state index in [0.717, 1.165) is 37.9 Å². The fraction of sp³-hybridized carbons (Fsp3) is 0.611. The monoisotopic (exact) mass is 401 g/mol. The Balaban J connectivity index is 0.00000243. The fourth-order valence-electron chi connectivity index (χ4n) is 3.78. The summed E-state index contributed by atoms with van der Waals surface area (Å²) < 4.78 is 26.6. The lowest BCUT2D eigenvalue weighted by molar-refractivity contribution is -0.118. The standard InChI is InChI=1S/C18H27N3O3S.ClH/c1-3-11-25(23,24)21-16-6-4-5-15(13(16)2)20-17(22)14-12-18(14)7-9-19-10-8-18;/h4-6,14,19,21H,3,7-12H2,1-2H3,(H,20,22);1H. The first-order valence-corrected chi connectivity index (χ1v) is 10.6. The van der Waals surface area contributed by atoms with E-state index >= 15 is 0 Å². The minimum atomic E-state index is -3.35. The van der Waals surface area contributed by atoms with Crippen molar-refractivity contribution in [1.82, 2.24) is 5.32 Å². The average molecular weight is 402 g/mol. The van der Waals surface area contributed by atoms with Crippen molar-refractivity contribution < 1.29 is 13.2 Å². The number of anilines is 2. The molecule has 8 heteroatoms. The first-order chi connectivity index (χ1) is 11.9. The molecule has 3 N–H and O–H groups in total. The Labute approximate surface area is 162 Å². The molecule has 1 saturated heterocycles. The topological polar surface area (TPSA) is 87.3 Å². The summed E-state index contributed by atoms with van der Waals surface area (Å²) in [6.45, 7) is 5.62. The number of hydrogen-bond donors (Lipinski definition) is 3. The van der Waals surface area contributed by atoms with Gasteiger partial charge in [-0.1, -0.05) is 13.0 Å². The van der Waals surface area contributed by atoms with E-state index in [9.17, 15) is 13.2 Å². The van der Waals surface area contributed by atoms with Gasteiger partial charge in [0, 0.05) is 11.6 Å². The number of benzene rings is 1. The molecule has 0 aromatic heterocycles. The fourth-order valence-corrected chi connectivity index (χ4v) is 4.98. The lowest BCUT2D eigenvalue weighted by Gasteiger charge is -2.23. The molecule has 3 rings (SSSR count). The van der Waals surface area contributed by atoms with Crippen molar-refractivity contribution in [2.45, 2.75) is 39.5 Å². The second-order valence-corrected chi connectivity index (χ2v) is 9.10. The van der Waals surface area contributed by atoms with Gasteiger partial charge in [0.15, 0.2) is 0 Å². The second-order valence-electron chi connectivity index (χ2n) is 7.26. The molecule has 1 spiro atoms. The van der Waals surface area contributed by atoms with Crippen LogP contribution in [-0.2, 0) is 14.8 Å². The Bertz CT molecular complexity index is 761. The summed E-state index contributed by atoms with van der Waals surface area (Å²) in [7, 11) is -3.35. The molecule has 146 valence electrons. The number of carbonyl (C=O) groups excluding carboxylic acids is 1. The highest BCUT2D eigenvalue weighted by atomic mass is 35.5. The Morgan fingerprint density at radius 1 is 1.27 bits per heavy atom. The average Bonchev–Trinajstić information content (AvgIpc) is 3.25. The third-order valence-electron chi connectivity index (χ3n) is 5.44. The number of piperidine rings is 1. The summed E-state index contributed by atoms with van der Waals surface area (Å²) in [6, 6.07) is 5.31. The highest BCUT2D eigenvalue weighted by molar-refractivity contribution is 7.92. The van der Waals surface area contributed by atoms with Gasteiger partial charge < -0.3 is 10.6 Å². The summed E-state index contributed by atoms with van der Waals surface area (Å²) in [5, 5.41) is 6.35. The van der Waals surface area contributed by atoms with Gasteiger partial charge in [0.25, 0.3) is 0 Å². The van der Waals surface area contributed by atoms with Crippen LogP contribution >= 0.6 is 12.4 Å². The third-order valence-corrected chi connectivity index (χ3v) is 6.91. The molecule has 1 aromatic carbocycles. The first kappa shape index (κ1) is 21.0. The molecule has 2 fully saturated rings. The summed E-state index contributed by atoms with van der Waals surface area (Å²) in [4.78, 5) is 12.6. The quantitative estimate of drug-likeness (QED) is 0.683. The van der Waals surface area contributed by atoms with E-state index in [1.807, 2.05) is 19.9 Å². The number of nitrogens with one attached hydrogen (secondary N) is 3. The Morgan fingerprint density at radius 2 is 1.92 bits per heavy atom. The van der Waals surface area contributed by atoms with Crippen LogP contribution in [0.4, 0.5) is 11.4 Å². The van der Waals surface area contributed by atoms with E-state index < -0.39 is 10.0 Å². The molecular formula is C18H28ClN3O3S. The van der Waals surface area contributed by atoms with E-state index in [-0.39, 0.29) is 35.4 Å². The van der Waals surface area contributed by atoms with Gasteiger partial charge in [-0.3, -0.25) is 9.52 Å². The van der Waals surface area contributed by atoms with Crippen molar-refractivity contribution >= 4 is 39.7 Å². The minimum absolute atomic E-state index is 0. The number of carbonyl (C=O) groups is 1. The van der Waals surface area contributed by atoms with Gasteiger partial charge in [-0.2, -0.15) is 0 Å². The molecule has 1 amide bonds. The van der Waals surface area contributed by atoms with E-state index in [2.05, 4.69) is 15.4 Å². The van der Waals surface area contributed by atoms with Crippen molar-refractivity contribution in [1.29, 1.82) is 0 Å². The highest BCUT2D eigenvalue weighted by Gasteiger charge is 2.57. The normalized spacial score (nSPS) is 20.9. The molecule has 1 aliphatic carbocycles. The summed E-state index contributed by atoms with van der Waals surface area (Å²) in [5.41, 5.74) is 2.13. The van der Waals surface area contributed by atoms with E-state index in [1.54, 1.807) is 12.1 Å². The smallest absolute Gasteiger partial charge is 0.232 e. The number of rotatable bonds is 6. The van der Waals surface area contributed by atoms with Crippen LogP contribution in [0.3, 0.4) is 0 Å². The SMILES string of the molecule is CCCS(=O)(=O)Nc1cccc(NC(=O)C2CC23CCNCC3)c1C.Cl. The van der Waals surface area contributed by atoms with Gasteiger partial charge in [0.1, 0.15) is 0 Å². The number of sulfonamides is 1. The zero-order valence-corrected chi connectivity index (χ0v) is 16.9. The number of hydrogen-bond acceptors (Lipinski definition) is 4. The van der Waals surface area contributed by atoms with Crippen LogP contribution in [-0.4, -0.2) is 33.2 Å². The second kappa shape index (κ2) is 8.15. The lowest BCUT2D eigenvalue weighted by atomic mass is 9.91. The molecule has 1 saturated carbocycles. The van der Waals surface area contributed by atoms with Gasteiger partial charge in [0.05, 0.1) is 11.4 Å². The van der Waals surface area contributed by atoms with Crippen LogP contribution in [0.15, 0.2) is 18.2 Å². The van der Waals surface area contributed by atoms with Gasteiger partial charge in [0.2, 0.25) is 15.9 Å². The van der Waals surface area contributed by atoms with Crippen molar-refractivity contribution in [3.05, 3.63) is 23.8 Å². The van der Waals surface area contributed by atoms with E-state index in [4.69, 9.17) is 0 Å². The minimum Gasteiger partial charge on any atom is -0.326 e. The zero-order chi connectivity index (χ0) is 18.1. The Hall–Kier alpha value is -1.31. The van der Waals surface area contributed by atoms with Gasteiger partial charge in [-0.05, 0) is 68.8 Å². The third kappa shape index (κ3) is 4.50. The number of amides is 1. The molecule has 0 bridgehead atoms. The maximum Gasteiger partial charge on any atom is 0.232 e. The molecular weight excluding hydrogens is 374 g/mol. The Morgan fingerprint density at radius 3 is 2.58 bits per heavy atom. The zero-order valence-electron chi connectivity index (χ0n) is 15.3. The molecule has 1 heterocycles. The van der Waals surface area contributed by atoms with Gasteiger partial charge in [-0.25, -0.2) is 8.42 Å². The van der Waals surface area contributed by atoms with Crippen LogP contribution < -0.4 is 15.4 Å². The predicted octanol–water partition coefficient (Wildman–Crippen LogP) is 2.90. The maximum atomic E-state index is 12.6. The van der Waals surface area contributed by atoms with Crippen LogP contribution in [0.25, 0.3) is 0 Å². The highest BCUT2D eigenvalue weighted by Crippen LogP contribution is 2.58.